The number of ether oxygens (including phenoxy) is 2. The van der Waals surface area contributed by atoms with Crippen LogP contribution < -0.4 is 0 Å². The highest BCUT2D eigenvalue weighted by Crippen LogP contribution is 2.33. The molecule has 1 heterocycles. The van der Waals surface area contributed by atoms with Gasteiger partial charge in [0.25, 0.3) is 0 Å². The summed E-state index contributed by atoms with van der Waals surface area (Å²) in [6.07, 6.45) is 2.39. The molecule has 2 atom stereocenters. The molecular weight excluding hydrogens is 326 g/mol. The lowest BCUT2D eigenvalue weighted by molar-refractivity contribution is -0.136. The number of allylic oxidation sites excluding steroid dienone is 1. The summed E-state index contributed by atoms with van der Waals surface area (Å²) in [5, 5.41) is 0. The summed E-state index contributed by atoms with van der Waals surface area (Å²) in [7, 11) is -0.132. The summed E-state index contributed by atoms with van der Waals surface area (Å²) >= 11 is 0. The molecule has 1 fully saturated rings. The molecule has 1 saturated heterocycles. The van der Waals surface area contributed by atoms with Gasteiger partial charge in [0.2, 0.25) is 14.2 Å². The molecule has 7 heteroatoms. The first-order valence-electron chi connectivity index (χ1n) is 8.90. The molecule has 0 spiro atoms. The van der Waals surface area contributed by atoms with Crippen molar-refractivity contribution in [3.63, 3.8) is 0 Å². The largest absolute Gasteiger partial charge is 0.547 e. The van der Waals surface area contributed by atoms with Crippen molar-refractivity contribution < 1.29 is 23.5 Å². The topological polar surface area (TPSA) is 65.1 Å². The Hall–Kier alpha value is -1.34. The maximum absolute atomic E-state index is 12.6. The average Bonchev–Trinajstić information content (AvgIpc) is 3.05. The maximum Gasteiger partial charge on any atom is 0.416 e. The molecule has 0 aromatic heterocycles. The third-order valence-corrected chi connectivity index (χ3v) is 9.91. The Bertz CT molecular complexity index is 495. The number of rotatable bonds is 7. The Morgan fingerprint density at radius 3 is 2.50 bits per heavy atom. The molecule has 6 nitrogen and oxygen atoms in total. The summed E-state index contributed by atoms with van der Waals surface area (Å²) in [6.45, 7) is 7.19. The van der Waals surface area contributed by atoms with Crippen LogP contribution in [-0.4, -0.2) is 51.6 Å². The molecule has 0 aromatic rings. The van der Waals surface area contributed by atoms with Gasteiger partial charge in [0.15, 0.2) is 0 Å². The highest BCUT2D eigenvalue weighted by atomic mass is 28.4. The first-order chi connectivity index (χ1) is 11.5. The number of hydrogen-bond donors (Lipinski definition) is 0. The molecule has 0 N–H and O–H groups in total. The van der Waals surface area contributed by atoms with Gasteiger partial charge in [-0.25, -0.2) is 9.69 Å². The van der Waals surface area contributed by atoms with Crippen LogP contribution in [-0.2, 0) is 18.7 Å². The number of methoxy groups -OCH3 is 1. The average molecular weight is 356 g/mol. The van der Waals surface area contributed by atoms with Crippen molar-refractivity contribution in [2.75, 3.05) is 20.3 Å². The maximum atomic E-state index is 12.6. The van der Waals surface area contributed by atoms with E-state index in [1.165, 1.54) is 4.90 Å². The van der Waals surface area contributed by atoms with E-state index < -0.39 is 14.4 Å². The van der Waals surface area contributed by atoms with E-state index in [4.69, 9.17) is 13.9 Å². The van der Waals surface area contributed by atoms with Crippen molar-refractivity contribution in [2.45, 2.75) is 57.8 Å². The van der Waals surface area contributed by atoms with Crippen LogP contribution in [0.3, 0.4) is 0 Å². The fourth-order valence-electron chi connectivity index (χ4n) is 3.46. The summed E-state index contributed by atoms with van der Waals surface area (Å²) in [5.74, 6) is 0.394. The van der Waals surface area contributed by atoms with Gasteiger partial charge in [-0.1, -0.05) is 20.8 Å². The van der Waals surface area contributed by atoms with Gasteiger partial charge in [-0.15, -0.1) is 0 Å². The number of carbonyl (C=O) groups is 2. The summed E-state index contributed by atoms with van der Waals surface area (Å²) < 4.78 is 16.8. The number of hydrogen-bond acceptors (Lipinski definition) is 5. The van der Waals surface area contributed by atoms with Gasteiger partial charge >= 0.3 is 6.09 Å². The second-order valence-corrected chi connectivity index (χ2v) is 11.1. The number of carbonyl (C=O) groups excluding carboxylic acids is 2. The molecule has 0 radical (unpaired) electrons. The third-order valence-electron chi connectivity index (χ3n) is 5.35. The van der Waals surface area contributed by atoms with E-state index in [1.807, 2.05) is 6.08 Å². The lowest BCUT2D eigenvalue weighted by Gasteiger charge is -2.35. The smallest absolute Gasteiger partial charge is 0.416 e. The van der Waals surface area contributed by atoms with Gasteiger partial charge in [0, 0.05) is 13.5 Å². The zero-order valence-electron chi connectivity index (χ0n) is 15.2. The van der Waals surface area contributed by atoms with E-state index in [-0.39, 0.29) is 24.5 Å². The van der Waals surface area contributed by atoms with E-state index >= 15 is 0 Å². The van der Waals surface area contributed by atoms with Gasteiger partial charge in [0.1, 0.15) is 6.61 Å². The zero-order valence-corrected chi connectivity index (χ0v) is 16.2. The molecule has 2 rings (SSSR count). The fourth-order valence-corrected chi connectivity index (χ4v) is 6.12. The zero-order chi connectivity index (χ0) is 17.7. The van der Waals surface area contributed by atoms with Crippen LogP contribution in [0.4, 0.5) is 4.79 Å². The van der Waals surface area contributed by atoms with Crippen molar-refractivity contribution in [1.82, 2.24) is 4.90 Å². The van der Waals surface area contributed by atoms with Crippen LogP contribution in [0.25, 0.3) is 0 Å². The van der Waals surface area contributed by atoms with Crippen LogP contribution in [0.2, 0.25) is 18.1 Å². The summed E-state index contributed by atoms with van der Waals surface area (Å²) in [6, 6.07) is 3.24. The van der Waals surface area contributed by atoms with Gasteiger partial charge < -0.3 is 13.9 Å². The fraction of sp³-hybridized carbons (Fsp3) is 0.765. The number of cyclic esters (lactones) is 1. The van der Waals surface area contributed by atoms with E-state index in [0.29, 0.717) is 19.4 Å². The summed E-state index contributed by atoms with van der Waals surface area (Å²) in [4.78, 5) is 25.4. The van der Waals surface area contributed by atoms with Crippen LogP contribution in [0, 0.1) is 5.92 Å². The lowest BCUT2D eigenvalue weighted by atomic mass is 9.89. The number of imide groups is 1. The molecule has 2 aliphatic rings. The van der Waals surface area contributed by atoms with Gasteiger partial charge in [-0.3, -0.25) is 4.79 Å². The molecule has 136 valence electrons. The molecule has 0 unspecified atom stereocenters. The van der Waals surface area contributed by atoms with E-state index in [0.717, 1.165) is 23.9 Å². The first kappa shape index (κ1) is 19.0. The third kappa shape index (κ3) is 3.83. The Morgan fingerprint density at radius 1 is 1.33 bits per heavy atom. The van der Waals surface area contributed by atoms with Crippen LogP contribution in [0.5, 0.6) is 0 Å². The van der Waals surface area contributed by atoms with Gasteiger partial charge in [0.05, 0.1) is 24.3 Å². The Kier molecular flexibility index (Phi) is 6.45. The van der Waals surface area contributed by atoms with Gasteiger partial charge in [-0.2, -0.15) is 0 Å². The molecule has 0 aromatic carbocycles. The van der Waals surface area contributed by atoms with Crippen LogP contribution in [0.1, 0.15) is 33.6 Å². The minimum atomic E-state index is -1.73. The second-order valence-electron chi connectivity index (χ2n) is 6.43. The predicted octanol–water partition coefficient (Wildman–Crippen LogP) is 3.30. The second kappa shape index (κ2) is 8.16. The molecule has 1 aliphatic heterocycles. The van der Waals surface area contributed by atoms with Crippen LogP contribution >= 0.6 is 0 Å². The van der Waals surface area contributed by atoms with Crippen molar-refractivity contribution in [3.8, 4) is 0 Å². The highest BCUT2D eigenvalue weighted by molar-refractivity contribution is 6.73. The minimum absolute atomic E-state index is 0.204. The predicted molar refractivity (Wildman–Crippen MR) is 92.9 cm³/mol. The molecule has 0 saturated carbocycles. The van der Waals surface area contributed by atoms with Crippen molar-refractivity contribution in [1.29, 1.82) is 0 Å². The minimum Gasteiger partial charge on any atom is -0.547 e. The van der Waals surface area contributed by atoms with E-state index in [1.54, 1.807) is 7.11 Å². The Labute approximate surface area is 145 Å². The molecule has 1 aliphatic carbocycles. The quantitative estimate of drug-likeness (QED) is 0.656. The monoisotopic (exact) mass is 355 g/mol. The number of nitrogens with zero attached hydrogens (tertiary/aromatic N) is 1. The SMILES string of the molecule is CC[Si](CC)(CC)OC1=C[C@@H](OC)[C@H](C(=O)N2CCOC2=O)CC1. The Morgan fingerprint density at radius 2 is 2.00 bits per heavy atom. The molecule has 2 amide bonds. The highest BCUT2D eigenvalue weighted by Gasteiger charge is 2.40. The standard InChI is InChI=1S/C17H29NO5Si/c1-5-24(6-2,7-3)23-13-8-9-14(15(12-13)21-4)16(19)18-10-11-22-17(18)20/h12,14-15H,5-11H2,1-4H3/t14-,15-/m1/s1. The summed E-state index contributed by atoms with van der Waals surface area (Å²) in [5.41, 5.74) is 0. The molecule has 0 bridgehead atoms. The van der Waals surface area contributed by atoms with E-state index in [2.05, 4.69) is 20.8 Å². The van der Waals surface area contributed by atoms with Gasteiger partial charge in [-0.05, 0) is 30.6 Å². The normalized spacial score (nSPS) is 24.6. The first-order valence-corrected chi connectivity index (χ1v) is 11.4. The van der Waals surface area contributed by atoms with Crippen LogP contribution in [0.15, 0.2) is 11.8 Å². The molecule has 24 heavy (non-hydrogen) atoms. The molecular formula is C17H29NO5Si. The lowest BCUT2D eigenvalue weighted by Crippen LogP contribution is -2.43. The van der Waals surface area contributed by atoms with E-state index in [9.17, 15) is 9.59 Å². The van der Waals surface area contributed by atoms with Crippen molar-refractivity contribution in [2.24, 2.45) is 5.92 Å². The Balaban J connectivity index is 2.11. The van der Waals surface area contributed by atoms with Crippen molar-refractivity contribution in [3.05, 3.63) is 11.8 Å². The van der Waals surface area contributed by atoms with Crippen molar-refractivity contribution >= 4 is 20.3 Å². The number of amides is 2.